The monoisotopic (exact) mass is 298 g/mol. The highest BCUT2D eigenvalue weighted by atomic mass is 79.9. The molecule has 0 amide bonds. The first-order chi connectivity index (χ1) is 8.29. The zero-order chi connectivity index (χ0) is 12.1. The van der Waals surface area contributed by atoms with E-state index in [-0.39, 0.29) is 12.1 Å². The Kier molecular flexibility index (Phi) is 4.98. The zero-order valence-corrected chi connectivity index (χ0v) is 11.4. The Morgan fingerprint density at radius 2 is 2.35 bits per heavy atom. The van der Waals surface area contributed by atoms with Crippen molar-refractivity contribution in [2.24, 2.45) is 5.84 Å². The van der Waals surface area contributed by atoms with Crippen molar-refractivity contribution in [1.29, 1.82) is 0 Å². The molecule has 2 rings (SSSR count). The summed E-state index contributed by atoms with van der Waals surface area (Å²) in [4.78, 5) is 0. The fraction of sp³-hybridized carbons (Fsp3) is 0.538. The molecule has 1 heterocycles. The van der Waals surface area contributed by atoms with Crippen LogP contribution in [0.2, 0.25) is 0 Å². The minimum atomic E-state index is 0.199. The first-order valence-corrected chi connectivity index (χ1v) is 6.91. The summed E-state index contributed by atoms with van der Waals surface area (Å²) in [5, 5.41) is 0. The van der Waals surface area contributed by atoms with Crippen molar-refractivity contribution in [3.8, 4) is 0 Å². The van der Waals surface area contributed by atoms with Gasteiger partial charge in [-0.05, 0) is 43.4 Å². The number of ether oxygens (including phenoxy) is 1. The van der Waals surface area contributed by atoms with Gasteiger partial charge >= 0.3 is 0 Å². The minimum absolute atomic E-state index is 0.199. The number of hydrogen-bond acceptors (Lipinski definition) is 3. The number of rotatable bonds is 4. The van der Waals surface area contributed by atoms with E-state index in [1.165, 1.54) is 18.4 Å². The van der Waals surface area contributed by atoms with Gasteiger partial charge in [-0.3, -0.25) is 11.3 Å². The third kappa shape index (κ3) is 3.78. The van der Waals surface area contributed by atoms with Crippen LogP contribution in [0.1, 0.15) is 24.8 Å². The number of benzene rings is 1. The molecule has 1 aliphatic rings. The Hall–Kier alpha value is -0.420. The van der Waals surface area contributed by atoms with Crippen molar-refractivity contribution >= 4 is 15.9 Å². The lowest BCUT2D eigenvalue weighted by Gasteiger charge is -2.30. The molecule has 3 nitrogen and oxygen atoms in total. The van der Waals surface area contributed by atoms with E-state index < -0.39 is 0 Å². The number of nitrogens with two attached hydrogens (primary N) is 1. The van der Waals surface area contributed by atoms with Crippen molar-refractivity contribution in [2.75, 3.05) is 6.61 Å². The summed E-state index contributed by atoms with van der Waals surface area (Å²) < 4.78 is 6.89. The van der Waals surface area contributed by atoms with Gasteiger partial charge in [-0.15, -0.1) is 0 Å². The number of hydrogen-bond donors (Lipinski definition) is 2. The van der Waals surface area contributed by atoms with E-state index in [9.17, 15) is 0 Å². The normalized spacial score (nSPS) is 22.4. The van der Waals surface area contributed by atoms with Crippen molar-refractivity contribution in [3.63, 3.8) is 0 Å². The van der Waals surface area contributed by atoms with Gasteiger partial charge < -0.3 is 4.74 Å². The van der Waals surface area contributed by atoms with E-state index >= 15 is 0 Å². The second-order valence-electron chi connectivity index (χ2n) is 4.51. The molecule has 0 aliphatic carbocycles. The van der Waals surface area contributed by atoms with Crippen LogP contribution in [0.5, 0.6) is 0 Å². The van der Waals surface area contributed by atoms with E-state index in [2.05, 4.69) is 39.6 Å². The van der Waals surface area contributed by atoms with E-state index in [4.69, 9.17) is 10.6 Å². The average Bonchev–Trinajstić information content (AvgIpc) is 2.37. The fourth-order valence-electron chi connectivity index (χ4n) is 2.30. The first-order valence-electron chi connectivity index (χ1n) is 6.12. The van der Waals surface area contributed by atoms with Gasteiger partial charge in [-0.25, -0.2) is 0 Å². The van der Waals surface area contributed by atoms with Gasteiger partial charge in [-0.2, -0.15) is 0 Å². The smallest absolute Gasteiger partial charge is 0.0744 e. The second-order valence-corrected chi connectivity index (χ2v) is 5.43. The van der Waals surface area contributed by atoms with Crippen LogP contribution in [-0.4, -0.2) is 18.8 Å². The standard InChI is InChI=1S/C13H19BrN2O/c14-11-5-3-4-10(8-11)9-12(16-15)13-6-1-2-7-17-13/h3-5,8,12-13,16H,1-2,6-7,9,15H2. The molecule has 1 aromatic rings. The van der Waals surface area contributed by atoms with Crippen LogP contribution in [0.3, 0.4) is 0 Å². The molecule has 4 heteroatoms. The molecule has 0 bridgehead atoms. The molecule has 0 saturated carbocycles. The van der Waals surface area contributed by atoms with E-state index in [0.29, 0.717) is 0 Å². The molecular weight excluding hydrogens is 280 g/mol. The Labute approximate surface area is 111 Å². The average molecular weight is 299 g/mol. The van der Waals surface area contributed by atoms with Gasteiger partial charge in [0.15, 0.2) is 0 Å². The first kappa shape index (κ1) is 13.0. The Morgan fingerprint density at radius 3 is 3.00 bits per heavy atom. The number of halogens is 1. The third-order valence-electron chi connectivity index (χ3n) is 3.22. The van der Waals surface area contributed by atoms with Crippen LogP contribution in [0.25, 0.3) is 0 Å². The van der Waals surface area contributed by atoms with E-state index in [1.54, 1.807) is 0 Å². The molecule has 17 heavy (non-hydrogen) atoms. The van der Waals surface area contributed by atoms with Crippen molar-refractivity contribution in [3.05, 3.63) is 34.3 Å². The van der Waals surface area contributed by atoms with Crippen LogP contribution in [0.15, 0.2) is 28.7 Å². The summed E-state index contributed by atoms with van der Waals surface area (Å²) in [6.07, 6.45) is 4.66. The summed E-state index contributed by atoms with van der Waals surface area (Å²) in [5.74, 6) is 5.65. The topological polar surface area (TPSA) is 47.3 Å². The predicted octanol–water partition coefficient (Wildman–Crippen LogP) is 2.39. The quantitative estimate of drug-likeness (QED) is 0.663. The fourth-order valence-corrected chi connectivity index (χ4v) is 2.75. The molecule has 0 spiro atoms. The largest absolute Gasteiger partial charge is 0.377 e. The molecule has 1 aliphatic heterocycles. The lowest BCUT2D eigenvalue weighted by Crippen LogP contribution is -2.47. The van der Waals surface area contributed by atoms with Gasteiger partial charge in [0.1, 0.15) is 0 Å². The third-order valence-corrected chi connectivity index (χ3v) is 3.72. The van der Waals surface area contributed by atoms with Crippen LogP contribution in [0, 0.1) is 0 Å². The van der Waals surface area contributed by atoms with Gasteiger partial charge in [0, 0.05) is 11.1 Å². The lowest BCUT2D eigenvalue weighted by molar-refractivity contribution is -0.00744. The lowest BCUT2D eigenvalue weighted by atomic mass is 9.96. The summed E-state index contributed by atoms with van der Waals surface area (Å²) >= 11 is 3.49. The van der Waals surface area contributed by atoms with Crippen molar-refractivity contribution < 1.29 is 4.74 Å². The molecular formula is C13H19BrN2O. The molecule has 2 unspecified atom stereocenters. The number of nitrogens with one attached hydrogen (secondary N) is 1. The summed E-state index contributed by atoms with van der Waals surface area (Å²) in [7, 11) is 0. The molecule has 1 fully saturated rings. The predicted molar refractivity (Wildman–Crippen MR) is 72.5 cm³/mol. The SMILES string of the molecule is NNC(Cc1cccc(Br)c1)C1CCCCO1. The Bertz CT molecular complexity index is 353. The maximum Gasteiger partial charge on any atom is 0.0744 e. The molecule has 0 radical (unpaired) electrons. The summed E-state index contributed by atoms with van der Waals surface area (Å²) in [6, 6.07) is 8.54. The minimum Gasteiger partial charge on any atom is -0.377 e. The van der Waals surface area contributed by atoms with E-state index in [1.807, 2.05) is 6.07 Å². The number of hydrazine groups is 1. The summed E-state index contributed by atoms with van der Waals surface area (Å²) in [6.45, 7) is 0.862. The molecule has 1 aromatic carbocycles. The van der Waals surface area contributed by atoms with Gasteiger partial charge in [0.2, 0.25) is 0 Å². The van der Waals surface area contributed by atoms with Gasteiger partial charge in [-0.1, -0.05) is 28.1 Å². The molecule has 1 saturated heterocycles. The molecule has 0 aromatic heterocycles. The van der Waals surface area contributed by atoms with Crippen LogP contribution >= 0.6 is 15.9 Å². The maximum atomic E-state index is 5.78. The van der Waals surface area contributed by atoms with Gasteiger partial charge in [0.25, 0.3) is 0 Å². The highest BCUT2D eigenvalue weighted by Gasteiger charge is 2.23. The molecule has 94 valence electrons. The molecule has 2 atom stereocenters. The molecule has 3 N–H and O–H groups in total. The van der Waals surface area contributed by atoms with E-state index in [0.717, 1.165) is 23.9 Å². The van der Waals surface area contributed by atoms with Gasteiger partial charge in [0.05, 0.1) is 12.1 Å². The van der Waals surface area contributed by atoms with Crippen LogP contribution in [0.4, 0.5) is 0 Å². The van der Waals surface area contributed by atoms with Crippen LogP contribution in [-0.2, 0) is 11.2 Å². The maximum absolute atomic E-state index is 5.78. The zero-order valence-electron chi connectivity index (χ0n) is 9.86. The second kappa shape index (κ2) is 6.50. The van der Waals surface area contributed by atoms with Crippen molar-refractivity contribution in [2.45, 2.75) is 37.8 Å². The Morgan fingerprint density at radius 1 is 1.47 bits per heavy atom. The highest BCUT2D eigenvalue weighted by molar-refractivity contribution is 9.10. The van der Waals surface area contributed by atoms with Crippen molar-refractivity contribution in [1.82, 2.24) is 5.43 Å². The van der Waals surface area contributed by atoms with Crippen LogP contribution < -0.4 is 11.3 Å². The summed E-state index contributed by atoms with van der Waals surface area (Å²) in [5.41, 5.74) is 4.17. The Balaban J connectivity index is 1.98. The highest BCUT2D eigenvalue weighted by Crippen LogP contribution is 2.19.